The first kappa shape index (κ1) is 23.8. The third-order valence-electron chi connectivity index (χ3n) is 6.69. The fraction of sp³-hybridized carbons (Fsp3) is 0.321. The number of thioether (sulfide) groups is 1. The molecule has 2 aromatic heterocycles. The zero-order valence-corrected chi connectivity index (χ0v) is 21.6. The first-order valence-corrected chi connectivity index (χ1v) is 14.0. The van der Waals surface area contributed by atoms with Gasteiger partial charge in [0, 0.05) is 23.5 Å². The number of carbonyl (C=O) groups is 1. The molecule has 1 saturated heterocycles. The van der Waals surface area contributed by atoms with Crippen LogP contribution in [-0.4, -0.2) is 38.2 Å². The van der Waals surface area contributed by atoms with Gasteiger partial charge in [-0.1, -0.05) is 67.2 Å². The fourth-order valence-electron chi connectivity index (χ4n) is 4.84. The molecule has 1 amide bonds. The second kappa shape index (κ2) is 10.4. The standard InChI is InChI=1S/C28H29N3O2S2/c1-3-21-14-10-11-17-30(21)26(32)19(2)35-28-29-25-24(23(18-34-25)20-12-6-4-7-13-20)27(33)31(28)22-15-8-5-9-16-22/h4-9,12-13,15-16,18-19,21H,3,10-11,14,17H2,1-2H3/t19-,21-/m0/s1. The molecule has 0 bridgehead atoms. The number of rotatable bonds is 6. The monoisotopic (exact) mass is 503 g/mol. The molecular weight excluding hydrogens is 474 g/mol. The van der Waals surface area contributed by atoms with E-state index >= 15 is 0 Å². The van der Waals surface area contributed by atoms with Gasteiger partial charge in [-0.25, -0.2) is 4.98 Å². The van der Waals surface area contributed by atoms with Crippen LogP contribution in [0.1, 0.15) is 39.5 Å². The molecule has 0 unspecified atom stereocenters. The first-order chi connectivity index (χ1) is 17.1. The SMILES string of the molecule is CC[C@H]1CCCCN1C(=O)[C@H](C)Sc1nc2scc(-c3ccccc3)c2c(=O)n1-c1ccccc1. The summed E-state index contributed by atoms with van der Waals surface area (Å²) in [5, 5.41) is 2.85. The Morgan fingerprint density at radius 3 is 2.54 bits per heavy atom. The Kier molecular flexibility index (Phi) is 7.07. The fourth-order valence-corrected chi connectivity index (χ4v) is 6.83. The minimum absolute atomic E-state index is 0.104. The van der Waals surface area contributed by atoms with E-state index in [0.29, 0.717) is 21.4 Å². The molecule has 5 nitrogen and oxygen atoms in total. The molecule has 7 heteroatoms. The van der Waals surface area contributed by atoms with Gasteiger partial charge in [-0.2, -0.15) is 0 Å². The lowest BCUT2D eigenvalue weighted by molar-refractivity contribution is -0.134. The number of para-hydroxylation sites is 1. The number of carbonyl (C=O) groups excluding carboxylic acids is 1. The number of benzene rings is 2. The predicted octanol–water partition coefficient (Wildman–Crippen LogP) is 6.39. The number of piperidine rings is 1. The van der Waals surface area contributed by atoms with Crippen LogP contribution in [0.4, 0.5) is 0 Å². The van der Waals surface area contributed by atoms with Crippen molar-refractivity contribution in [3.05, 3.63) is 76.4 Å². The summed E-state index contributed by atoms with van der Waals surface area (Å²) in [6, 6.07) is 19.8. The molecule has 4 aromatic rings. The zero-order chi connectivity index (χ0) is 24.4. The van der Waals surface area contributed by atoms with E-state index in [9.17, 15) is 9.59 Å². The van der Waals surface area contributed by atoms with E-state index in [-0.39, 0.29) is 16.7 Å². The van der Waals surface area contributed by atoms with Gasteiger partial charge in [0.25, 0.3) is 5.56 Å². The van der Waals surface area contributed by atoms with E-state index in [1.54, 1.807) is 4.57 Å². The van der Waals surface area contributed by atoms with Crippen LogP contribution in [0.2, 0.25) is 0 Å². The summed E-state index contributed by atoms with van der Waals surface area (Å²) < 4.78 is 1.67. The van der Waals surface area contributed by atoms with Crippen molar-refractivity contribution < 1.29 is 4.79 Å². The van der Waals surface area contributed by atoms with Crippen molar-refractivity contribution in [1.29, 1.82) is 0 Å². The van der Waals surface area contributed by atoms with Crippen LogP contribution in [0.3, 0.4) is 0 Å². The molecule has 2 aromatic carbocycles. The molecule has 0 spiro atoms. The molecule has 0 aliphatic carbocycles. The predicted molar refractivity (Wildman–Crippen MR) is 146 cm³/mol. The topological polar surface area (TPSA) is 55.2 Å². The molecule has 0 N–H and O–H groups in total. The van der Waals surface area contributed by atoms with Gasteiger partial charge in [0.05, 0.1) is 16.3 Å². The van der Waals surface area contributed by atoms with E-state index in [1.165, 1.54) is 29.5 Å². The van der Waals surface area contributed by atoms with E-state index in [1.807, 2.05) is 77.9 Å². The van der Waals surface area contributed by atoms with Crippen molar-refractivity contribution in [2.75, 3.05) is 6.54 Å². The highest BCUT2D eigenvalue weighted by molar-refractivity contribution is 8.00. The van der Waals surface area contributed by atoms with Gasteiger partial charge in [0.15, 0.2) is 5.16 Å². The van der Waals surface area contributed by atoms with Gasteiger partial charge in [-0.05, 0) is 50.3 Å². The Balaban J connectivity index is 1.58. The van der Waals surface area contributed by atoms with Crippen molar-refractivity contribution in [3.63, 3.8) is 0 Å². The molecule has 1 fully saturated rings. The largest absolute Gasteiger partial charge is 0.339 e. The van der Waals surface area contributed by atoms with E-state index in [4.69, 9.17) is 4.98 Å². The maximum absolute atomic E-state index is 14.0. The lowest BCUT2D eigenvalue weighted by Crippen LogP contribution is -2.46. The molecule has 180 valence electrons. The molecule has 1 aliphatic heterocycles. The Hall–Kier alpha value is -2.90. The Morgan fingerprint density at radius 2 is 1.83 bits per heavy atom. The summed E-state index contributed by atoms with van der Waals surface area (Å²) in [5.74, 6) is 0.131. The molecular formula is C28H29N3O2S2. The molecule has 2 atom stereocenters. The van der Waals surface area contributed by atoms with Crippen LogP contribution in [-0.2, 0) is 4.79 Å². The normalized spacial score (nSPS) is 17.0. The highest BCUT2D eigenvalue weighted by Crippen LogP contribution is 2.34. The minimum Gasteiger partial charge on any atom is -0.339 e. The maximum atomic E-state index is 14.0. The van der Waals surface area contributed by atoms with Crippen LogP contribution in [0, 0.1) is 0 Å². The Bertz CT molecular complexity index is 1380. The van der Waals surface area contributed by atoms with Crippen LogP contribution >= 0.6 is 23.1 Å². The second-order valence-corrected chi connectivity index (χ2v) is 11.1. The average molecular weight is 504 g/mol. The summed E-state index contributed by atoms with van der Waals surface area (Å²) in [6.07, 6.45) is 4.27. The molecule has 3 heterocycles. The highest BCUT2D eigenvalue weighted by atomic mass is 32.2. The summed E-state index contributed by atoms with van der Waals surface area (Å²) in [6.45, 7) is 4.90. The van der Waals surface area contributed by atoms with Gasteiger partial charge in [-0.15, -0.1) is 11.3 Å². The number of hydrogen-bond acceptors (Lipinski definition) is 5. The smallest absolute Gasteiger partial charge is 0.268 e. The zero-order valence-electron chi connectivity index (χ0n) is 20.0. The van der Waals surface area contributed by atoms with Crippen molar-refractivity contribution in [1.82, 2.24) is 14.5 Å². The number of hydrogen-bond donors (Lipinski definition) is 0. The van der Waals surface area contributed by atoms with E-state index in [0.717, 1.165) is 42.6 Å². The average Bonchev–Trinajstić information content (AvgIpc) is 3.33. The number of likely N-dealkylation sites (tertiary alicyclic amines) is 1. The van der Waals surface area contributed by atoms with Crippen LogP contribution < -0.4 is 5.56 Å². The number of amides is 1. The lowest BCUT2D eigenvalue weighted by Gasteiger charge is -2.36. The quantitative estimate of drug-likeness (QED) is 0.226. The molecule has 35 heavy (non-hydrogen) atoms. The molecule has 0 saturated carbocycles. The molecule has 5 rings (SSSR count). The lowest BCUT2D eigenvalue weighted by atomic mass is 10.00. The van der Waals surface area contributed by atoms with E-state index < -0.39 is 0 Å². The van der Waals surface area contributed by atoms with Crippen molar-refractivity contribution >= 4 is 39.2 Å². The van der Waals surface area contributed by atoms with Gasteiger partial charge >= 0.3 is 0 Å². The van der Waals surface area contributed by atoms with Crippen molar-refractivity contribution in [2.45, 2.75) is 56.0 Å². The van der Waals surface area contributed by atoms with Crippen molar-refractivity contribution in [3.8, 4) is 16.8 Å². The van der Waals surface area contributed by atoms with Crippen LogP contribution in [0.5, 0.6) is 0 Å². The second-order valence-electron chi connectivity index (χ2n) is 8.92. The Morgan fingerprint density at radius 1 is 1.11 bits per heavy atom. The first-order valence-electron chi connectivity index (χ1n) is 12.2. The number of fused-ring (bicyclic) bond motifs is 1. The van der Waals surface area contributed by atoms with Gasteiger partial charge < -0.3 is 4.90 Å². The number of nitrogens with zero attached hydrogens (tertiary/aromatic N) is 3. The minimum atomic E-state index is -0.338. The van der Waals surface area contributed by atoms with Gasteiger partial charge in [0.1, 0.15) is 4.83 Å². The number of aromatic nitrogens is 2. The van der Waals surface area contributed by atoms with Crippen LogP contribution in [0.15, 0.2) is 76.0 Å². The van der Waals surface area contributed by atoms with E-state index in [2.05, 4.69) is 6.92 Å². The summed E-state index contributed by atoms with van der Waals surface area (Å²) in [7, 11) is 0. The van der Waals surface area contributed by atoms with Gasteiger partial charge in [0.2, 0.25) is 5.91 Å². The third-order valence-corrected chi connectivity index (χ3v) is 8.60. The molecule has 1 aliphatic rings. The summed E-state index contributed by atoms with van der Waals surface area (Å²) in [5.41, 5.74) is 2.54. The maximum Gasteiger partial charge on any atom is 0.268 e. The highest BCUT2D eigenvalue weighted by Gasteiger charge is 2.30. The van der Waals surface area contributed by atoms with Crippen molar-refractivity contribution in [2.24, 2.45) is 0 Å². The van der Waals surface area contributed by atoms with Gasteiger partial charge in [-0.3, -0.25) is 14.2 Å². The number of thiophene rings is 1. The Labute approximate surface area is 213 Å². The summed E-state index contributed by atoms with van der Waals surface area (Å²) >= 11 is 2.86. The molecule has 0 radical (unpaired) electrons. The van der Waals surface area contributed by atoms with Crippen LogP contribution in [0.25, 0.3) is 27.0 Å². The third kappa shape index (κ3) is 4.67. The summed E-state index contributed by atoms with van der Waals surface area (Å²) in [4.78, 5) is 35.1.